The van der Waals surface area contributed by atoms with Crippen LogP contribution in [0.25, 0.3) is 0 Å². The molecular weight excluding hydrogens is 368 g/mol. The molecule has 26 heavy (non-hydrogen) atoms. The third-order valence-electron chi connectivity index (χ3n) is 3.90. The van der Waals surface area contributed by atoms with E-state index in [1.165, 1.54) is 28.7 Å². The zero-order valence-electron chi connectivity index (χ0n) is 15.0. The Labute approximate surface area is 162 Å². The van der Waals surface area contributed by atoms with Crippen LogP contribution in [-0.4, -0.2) is 34.3 Å². The number of carbonyl (C=O) groups is 2. The maximum absolute atomic E-state index is 12.0. The lowest BCUT2D eigenvalue weighted by atomic mass is 10.0. The smallest absolute Gasteiger partial charge is 0.230 e. The molecule has 8 heteroatoms. The summed E-state index contributed by atoms with van der Waals surface area (Å²) >= 11 is 2.62. The maximum atomic E-state index is 12.0. The molecular formula is C18H24N4O2S2. The second-order valence-electron chi connectivity index (χ2n) is 5.75. The fraction of sp³-hybridized carbons (Fsp3) is 0.444. The third kappa shape index (κ3) is 6.76. The second kappa shape index (κ2) is 10.9. The Balaban J connectivity index is 1.70. The van der Waals surface area contributed by atoms with Crippen molar-refractivity contribution >= 4 is 40.0 Å². The number of anilines is 1. The van der Waals surface area contributed by atoms with Gasteiger partial charge in [0.1, 0.15) is 0 Å². The standard InChI is InChI=1S/C18H24N4O2S2/c1-3-14(4-2)16(24)20-17-21-22-18(26-17)25-12-15(23)19-11-10-13-8-6-5-7-9-13/h5-9,14H,3-4,10-12H2,1-2H3,(H,19,23)(H,20,21,24). The summed E-state index contributed by atoms with van der Waals surface area (Å²) in [5.74, 6) is 0.208. The zero-order chi connectivity index (χ0) is 18.8. The van der Waals surface area contributed by atoms with Crippen molar-refractivity contribution in [3.63, 3.8) is 0 Å². The molecule has 1 heterocycles. The van der Waals surface area contributed by atoms with Crippen molar-refractivity contribution in [2.24, 2.45) is 5.92 Å². The van der Waals surface area contributed by atoms with Gasteiger partial charge in [-0.2, -0.15) is 0 Å². The van der Waals surface area contributed by atoms with E-state index >= 15 is 0 Å². The summed E-state index contributed by atoms with van der Waals surface area (Å²) in [7, 11) is 0. The van der Waals surface area contributed by atoms with Crippen LogP contribution in [0.5, 0.6) is 0 Å². The Morgan fingerprint density at radius 3 is 2.58 bits per heavy atom. The van der Waals surface area contributed by atoms with Gasteiger partial charge in [0.25, 0.3) is 0 Å². The molecule has 6 nitrogen and oxygen atoms in total. The van der Waals surface area contributed by atoms with Gasteiger partial charge in [-0.25, -0.2) is 0 Å². The maximum Gasteiger partial charge on any atom is 0.230 e. The first kappa shape index (κ1) is 20.4. The highest BCUT2D eigenvalue weighted by molar-refractivity contribution is 8.01. The fourth-order valence-electron chi connectivity index (χ4n) is 2.35. The summed E-state index contributed by atoms with van der Waals surface area (Å²) in [4.78, 5) is 24.0. The third-order valence-corrected chi connectivity index (χ3v) is 5.87. The Morgan fingerprint density at radius 2 is 1.88 bits per heavy atom. The Morgan fingerprint density at radius 1 is 1.15 bits per heavy atom. The highest BCUT2D eigenvalue weighted by Crippen LogP contribution is 2.26. The topological polar surface area (TPSA) is 84.0 Å². The number of rotatable bonds is 10. The summed E-state index contributed by atoms with van der Waals surface area (Å²) in [6, 6.07) is 10.0. The molecule has 0 aliphatic rings. The van der Waals surface area contributed by atoms with Gasteiger partial charge in [0, 0.05) is 12.5 Å². The molecule has 2 amide bonds. The molecule has 0 fully saturated rings. The minimum Gasteiger partial charge on any atom is -0.355 e. The summed E-state index contributed by atoms with van der Waals surface area (Å²) in [5.41, 5.74) is 1.20. The van der Waals surface area contributed by atoms with E-state index in [1.54, 1.807) is 0 Å². The van der Waals surface area contributed by atoms with Gasteiger partial charge in [0.05, 0.1) is 5.75 Å². The number of aromatic nitrogens is 2. The lowest BCUT2D eigenvalue weighted by Gasteiger charge is -2.09. The number of carbonyl (C=O) groups excluding carboxylic acids is 2. The molecule has 0 aliphatic heterocycles. The Bertz CT molecular complexity index is 702. The van der Waals surface area contributed by atoms with Crippen molar-refractivity contribution in [2.75, 3.05) is 17.6 Å². The summed E-state index contributed by atoms with van der Waals surface area (Å²) in [6.07, 6.45) is 2.40. The van der Waals surface area contributed by atoms with Crippen LogP contribution in [0.4, 0.5) is 5.13 Å². The van der Waals surface area contributed by atoms with Gasteiger partial charge in [0.2, 0.25) is 16.9 Å². The van der Waals surface area contributed by atoms with Crippen LogP contribution in [0.1, 0.15) is 32.3 Å². The molecule has 2 aromatic rings. The van der Waals surface area contributed by atoms with E-state index in [2.05, 4.69) is 20.8 Å². The van der Waals surface area contributed by atoms with E-state index in [1.807, 2.05) is 44.2 Å². The van der Waals surface area contributed by atoms with E-state index < -0.39 is 0 Å². The van der Waals surface area contributed by atoms with E-state index in [4.69, 9.17) is 0 Å². The van der Waals surface area contributed by atoms with Crippen molar-refractivity contribution in [3.8, 4) is 0 Å². The SMILES string of the molecule is CCC(CC)C(=O)Nc1nnc(SCC(=O)NCCc2ccccc2)s1. The van der Waals surface area contributed by atoms with Gasteiger partial charge < -0.3 is 10.6 Å². The summed E-state index contributed by atoms with van der Waals surface area (Å²) in [6.45, 7) is 4.59. The Hall–Kier alpha value is -1.93. The first-order chi connectivity index (χ1) is 12.6. The molecule has 1 aromatic carbocycles. The van der Waals surface area contributed by atoms with Gasteiger partial charge in [-0.1, -0.05) is 67.3 Å². The quantitative estimate of drug-likeness (QED) is 0.478. The molecule has 2 rings (SSSR count). The van der Waals surface area contributed by atoms with Crippen molar-refractivity contribution in [1.29, 1.82) is 0 Å². The normalized spacial score (nSPS) is 10.7. The molecule has 0 radical (unpaired) electrons. The number of hydrogen-bond donors (Lipinski definition) is 2. The minimum atomic E-state index is -0.0382. The molecule has 0 spiro atoms. The monoisotopic (exact) mass is 392 g/mol. The van der Waals surface area contributed by atoms with E-state index in [9.17, 15) is 9.59 Å². The lowest BCUT2D eigenvalue weighted by molar-refractivity contribution is -0.120. The zero-order valence-corrected chi connectivity index (χ0v) is 16.7. The van der Waals surface area contributed by atoms with Gasteiger partial charge in [-0.05, 0) is 24.8 Å². The first-order valence-corrected chi connectivity index (χ1v) is 10.5. The van der Waals surface area contributed by atoms with Gasteiger partial charge in [-0.15, -0.1) is 10.2 Å². The van der Waals surface area contributed by atoms with Crippen LogP contribution in [0.3, 0.4) is 0 Å². The molecule has 0 saturated carbocycles. The molecule has 1 aromatic heterocycles. The molecule has 0 atom stereocenters. The Kier molecular flexibility index (Phi) is 8.57. The molecule has 0 aliphatic carbocycles. The van der Waals surface area contributed by atoms with E-state index in [0.717, 1.165) is 19.3 Å². The van der Waals surface area contributed by atoms with Gasteiger partial charge in [-0.3, -0.25) is 9.59 Å². The van der Waals surface area contributed by atoms with Gasteiger partial charge in [0.15, 0.2) is 4.34 Å². The number of nitrogens with zero attached hydrogens (tertiary/aromatic N) is 2. The molecule has 0 bridgehead atoms. The molecule has 0 saturated heterocycles. The highest BCUT2D eigenvalue weighted by Gasteiger charge is 2.16. The van der Waals surface area contributed by atoms with Crippen LogP contribution in [-0.2, 0) is 16.0 Å². The predicted molar refractivity (Wildman–Crippen MR) is 106 cm³/mol. The van der Waals surface area contributed by atoms with Crippen molar-refractivity contribution < 1.29 is 9.59 Å². The van der Waals surface area contributed by atoms with E-state index in [-0.39, 0.29) is 23.5 Å². The number of amides is 2. The molecule has 0 unspecified atom stereocenters. The predicted octanol–water partition coefficient (Wildman–Crippen LogP) is 3.36. The number of benzene rings is 1. The largest absolute Gasteiger partial charge is 0.355 e. The van der Waals surface area contributed by atoms with Gasteiger partial charge >= 0.3 is 0 Å². The molecule has 2 N–H and O–H groups in total. The number of nitrogens with one attached hydrogen (secondary N) is 2. The van der Waals surface area contributed by atoms with Crippen LogP contribution in [0.2, 0.25) is 0 Å². The van der Waals surface area contributed by atoms with Crippen LogP contribution in [0.15, 0.2) is 34.7 Å². The van der Waals surface area contributed by atoms with Crippen molar-refractivity contribution in [3.05, 3.63) is 35.9 Å². The van der Waals surface area contributed by atoms with Crippen molar-refractivity contribution in [1.82, 2.24) is 15.5 Å². The highest BCUT2D eigenvalue weighted by atomic mass is 32.2. The number of hydrogen-bond acceptors (Lipinski definition) is 6. The number of thioether (sulfide) groups is 1. The average molecular weight is 393 g/mol. The van der Waals surface area contributed by atoms with Crippen LogP contribution >= 0.6 is 23.1 Å². The van der Waals surface area contributed by atoms with E-state index in [0.29, 0.717) is 16.0 Å². The average Bonchev–Trinajstić information content (AvgIpc) is 3.09. The molecule has 140 valence electrons. The van der Waals surface area contributed by atoms with Crippen LogP contribution in [0, 0.1) is 5.92 Å². The fourth-order valence-corrected chi connectivity index (χ4v) is 3.94. The lowest BCUT2D eigenvalue weighted by Crippen LogP contribution is -2.27. The van der Waals surface area contributed by atoms with Crippen LogP contribution < -0.4 is 10.6 Å². The second-order valence-corrected chi connectivity index (χ2v) is 7.95. The summed E-state index contributed by atoms with van der Waals surface area (Å²) in [5, 5.41) is 14.2. The summed E-state index contributed by atoms with van der Waals surface area (Å²) < 4.78 is 0.669. The van der Waals surface area contributed by atoms with Crippen molar-refractivity contribution in [2.45, 2.75) is 37.4 Å². The minimum absolute atomic E-state index is 0.00889. The first-order valence-electron chi connectivity index (χ1n) is 8.70.